The van der Waals surface area contributed by atoms with Gasteiger partial charge in [-0.2, -0.15) is 0 Å². The van der Waals surface area contributed by atoms with Crippen LogP contribution in [0.25, 0.3) is 0 Å². The molecule has 0 aromatic heterocycles. The van der Waals surface area contributed by atoms with Gasteiger partial charge in [-0.1, -0.05) is 152 Å². The van der Waals surface area contributed by atoms with E-state index in [0.717, 1.165) is 27.8 Å². The third-order valence-electron chi connectivity index (χ3n) is 8.98. The number of nitrogens with zero attached hydrogens (tertiary/aromatic N) is 1. The summed E-state index contributed by atoms with van der Waals surface area (Å²) >= 11 is 0. The molecule has 8 nitrogen and oxygen atoms in total. The molecule has 1 aliphatic rings. The molecule has 0 N–H and O–H groups in total. The molecule has 0 bridgehead atoms. The van der Waals surface area contributed by atoms with Crippen molar-refractivity contribution >= 4 is 18.2 Å². The third kappa shape index (κ3) is 8.68. The number of aliphatic imine (C=N–C) groups is 1. The average molecular weight is 718 g/mol. The first-order valence-corrected chi connectivity index (χ1v) is 17.7. The van der Waals surface area contributed by atoms with Crippen molar-refractivity contribution in [2.24, 2.45) is 4.99 Å². The van der Waals surface area contributed by atoms with Gasteiger partial charge in [0.2, 0.25) is 5.75 Å². The third-order valence-corrected chi connectivity index (χ3v) is 8.98. The Kier molecular flexibility index (Phi) is 11.4. The zero-order valence-electron chi connectivity index (χ0n) is 29.6. The standard InChI is InChI=1S/C46H39NO7/c48-44(53-32-37-22-12-4-13-23-37)46(45(49)54-33-38-24-14-5-15-25-38)27-39-26-41(50-29-34-16-6-1-7-17-34)43(52-31-36-20-10-3-11-21-36)42(40(39)28-47-46)51-30-35-18-8-2-9-19-35/h1-26,28H,27,29-33H2. The highest BCUT2D eigenvalue weighted by atomic mass is 16.6. The number of carbonyl (C=O) groups is 2. The van der Waals surface area contributed by atoms with Crippen molar-refractivity contribution in [2.45, 2.75) is 45.0 Å². The fourth-order valence-corrected chi connectivity index (χ4v) is 6.07. The maximum Gasteiger partial charge on any atom is 0.346 e. The monoisotopic (exact) mass is 717 g/mol. The van der Waals surface area contributed by atoms with Crippen LogP contribution < -0.4 is 14.2 Å². The van der Waals surface area contributed by atoms with E-state index in [1.165, 1.54) is 6.21 Å². The number of carbonyl (C=O) groups excluding carboxylic acids is 2. The first-order valence-electron chi connectivity index (χ1n) is 17.7. The predicted octanol–water partition coefficient (Wildman–Crippen LogP) is 8.62. The Morgan fingerprint density at radius 1 is 0.481 bits per heavy atom. The molecule has 8 heteroatoms. The molecule has 54 heavy (non-hydrogen) atoms. The van der Waals surface area contributed by atoms with E-state index < -0.39 is 17.5 Å². The van der Waals surface area contributed by atoms with E-state index in [2.05, 4.69) is 4.99 Å². The molecule has 6 aromatic rings. The molecular weight excluding hydrogens is 679 g/mol. The molecular formula is C46H39NO7. The van der Waals surface area contributed by atoms with Crippen LogP contribution in [-0.2, 0) is 58.5 Å². The minimum atomic E-state index is -2.03. The zero-order valence-corrected chi connectivity index (χ0v) is 29.6. The largest absolute Gasteiger partial charge is 0.485 e. The Balaban J connectivity index is 1.29. The smallest absolute Gasteiger partial charge is 0.346 e. The van der Waals surface area contributed by atoms with Crippen molar-refractivity contribution in [3.8, 4) is 17.2 Å². The maximum atomic E-state index is 14.1. The number of rotatable bonds is 15. The first-order chi connectivity index (χ1) is 26.6. The van der Waals surface area contributed by atoms with E-state index in [9.17, 15) is 9.59 Å². The molecule has 0 amide bonds. The van der Waals surface area contributed by atoms with Crippen molar-refractivity contribution in [1.82, 2.24) is 0 Å². The van der Waals surface area contributed by atoms with E-state index in [-0.39, 0.29) is 39.5 Å². The second-order valence-electron chi connectivity index (χ2n) is 12.8. The Morgan fingerprint density at radius 3 is 1.28 bits per heavy atom. The van der Waals surface area contributed by atoms with E-state index in [4.69, 9.17) is 23.7 Å². The molecule has 1 heterocycles. The number of benzene rings is 6. The molecule has 0 saturated heterocycles. The number of ether oxygens (including phenoxy) is 5. The van der Waals surface area contributed by atoms with Gasteiger partial charge in [-0.05, 0) is 39.4 Å². The van der Waals surface area contributed by atoms with Gasteiger partial charge in [0.1, 0.15) is 33.0 Å². The van der Waals surface area contributed by atoms with E-state index in [1.807, 2.05) is 152 Å². The molecule has 6 aromatic carbocycles. The van der Waals surface area contributed by atoms with Crippen molar-refractivity contribution in [3.63, 3.8) is 0 Å². The second kappa shape index (κ2) is 17.2. The quantitative estimate of drug-likeness (QED) is 0.0776. The Hall–Kier alpha value is -6.67. The van der Waals surface area contributed by atoms with Gasteiger partial charge in [0, 0.05) is 18.2 Å². The van der Waals surface area contributed by atoms with Crippen LogP contribution in [0, 0.1) is 0 Å². The summed E-state index contributed by atoms with van der Waals surface area (Å²) in [5.74, 6) is -0.510. The summed E-state index contributed by atoms with van der Waals surface area (Å²) in [6.07, 6.45) is 1.32. The topological polar surface area (TPSA) is 92.7 Å². The van der Waals surface area contributed by atoms with Crippen LogP contribution in [0.5, 0.6) is 17.2 Å². The summed E-state index contributed by atoms with van der Waals surface area (Å²) in [5.41, 5.74) is 3.48. The fourth-order valence-electron chi connectivity index (χ4n) is 6.07. The summed E-state index contributed by atoms with van der Waals surface area (Å²) in [7, 11) is 0. The van der Waals surface area contributed by atoms with Gasteiger partial charge < -0.3 is 23.7 Å². The van der Waals surface area contributed by atoms with Crippen LogP contribution in [0.2, 0.25) is 0 Å². The lowest BCUT2D eigenvalue weighted by Crippen LogP contribution is -2.50. The van der Waals surface area contributed by atoms with Gasteiger partial charge in [-0.15, -0.1) is 0 Å². The molecule has 1 aliphatic heterocycles. The van der Waals surface area contributed by atoms with E-state index in [1.54, 1.807) is 6.07 Å². The van der Waals surface area contributed by atoms with Gasteiger partial charge in [-0.25, -0.2) is 9.59 Å². The van der Waals surface area contributed by atoms with E-state index >= 15 is 0 Å². The molecule has 0 saturated carbocycles. The summed E-state index contributed by atoms with van der Waals surface area (Å²) in [6.45, 7) is 0.602. The van der Waals surface area contributed by atoms with Gasteiger partial charge in [0.25, 0.3) is 5.54 Å². The Bertz CT molecular complexity index is 2120. The van der Waals surface area contributed by atoms with Crippen LogP contribution in [0.3, 0.4) is 0 Å². The minimum Gasteiger partial charge on any atom is -0.485 e. The Labute approximate surface area is 314 Å². The molecule has 0 spiro atoms. The van der Waals surface area contributed by atoms with Gasteiger partial charge in [0.05, 0.1) is 0 Å². The van der Waals surface area contributed by atoms with Crippen LogP contribution >= 0.6 is 0 Å². The van der Waals surface area contributed by atoms with Crippen molar-refractivity contribution in [3.05, 3.63) is 197 Å². The number of hydrogen-bond donors (Lipinski definition) is 0. The molecule has 0 aliphatic carbocycles. The lowest BCUT2D eigenvalue weighted by Gasteiger charge is -2.31. The molecule has 0 radical (unpaired) electrons. The molecule has 0 fully saturated rings. The number of fused-ring (bicyclic) bond motifs is 1. The van der Waals surface area contributed by atoms with Gasteiger partial charge in [-0.3, -0.25) is 4.99 Å². The summed E-state index contributed by atoms with van der Waals surface area (Å²) in [4.78, 5) is 33.0. The van der Waals surface area contributed by atoms with Crippen molar-refractivity contribution < 1.29 is 33.3 Å². The predicted molar refractivity (Wildman–Crippen MR) is 205 cm³/mol. The van der Waals surface area contributed by atoms with E-state index in [0.29, 0.717) is 28.4 Å². The minimum absolute atomic E-state index is 0.0428. The highest BCUT2D eigenvalue weighted by Crippen LogP contribution is 2.46. The molecule has 0 unspecified atom stereocenters. The van der Waals surface area contributed by atoms with Crippen LogP contribution in [0.15, 0.2) is 163 Å². The Morgan fingerprint density at radius 2 is 0.852 bits per heavy atom. The first kappa shape index (κ1) is 35.7. The highest BCUT2D eigenvalue weighted by Gasteiger charge is 2.51. The second-order valence-corrected chi connectivity index (χ2v) is 12.8. The normalized spacial score (nSPS) is 12.6. The molecule has 0 atom stereocenters. The number of hydrogen-bond acceptors (Lipinski definition) is 8. The van der Waals surface area contributed by atoms with Crippen molar-refractivity contribution in [1.29, 1.82) is 0 Å². The lowest BCUT2D eigenvalue weighted by molar-refractivity contribution is -0.166. The zero-order chi connectivity index (χ0) is 37.0. The van der Waals surface area contributed by atoms with Crippen LogP contribution in [-0.4, -0.2) is 23.7 Å². The molecule has 7 rings (SSSR count). The van der Waals surface area contributed by atoms with Crippen molar-refractivity contribution in [2.75, 3.05) is 0 Å². The fraction of sp³-hybridized carbons (Fsp3) is 0.152. The highest BCUT2D eigenvalue weighted by molar-refractivity contribution is 6.09. The summed E-state index contributed by atoms with van der Waals surface area (Å²) in [5, 5.41) is 0. The van der Waals surface area contributed by atoms with Crippen LogP contribution in [0.4, 0.5) is 0 Å². The maximum absolute atomic E-state index is 14.1. The molecule has 270 valence electrons. The average Bonchev–Trinajstić information content (AvgIpc) is 3.24. The van der Waals surface area contributed by atoms with Crippen LogP contribution in [0.1, 0.15) is 38.9 Å². The lowest BCUT2D eigenvalue weighted by atomic mass is 9.85. The summed E-state index contributed by atoms with van der Waals surface area (Å²) in [6, 6.07) is 49.7. The summed E-state index contributed by atoms with van der Waals surface area (Å²) < 4.78 is 31.2. The number of esters is 2. The van der Waals surface area contributed by atoms with Gasteiger partial charge >= 0.3 is 11.9 Å². The van der Waals surface area contributed by atoms with Gasteiger partial charge in [0.15, 0.2) is 11.5 Å². The SMILES string of the molecule is O=C(OCc1ccccc1)C1(C(=O)OCc2ccccc2)Cc2cc(OCc3ccccc3)c(OCc3ccccc3)c(OCc3ccccc3)c2C=N1.